The first-order valence-electron chi connectivity index (χ1n) is 18.1. The SMILES string of the molecule is C[C@@H]1C(CCC(COCc2ccc(Br)cc2)CC2CNCCO2)O[C@H]2C[C@H]3[C@@H]4CCC5CCCC[C@]5(C)[C@H]4CC[C@]3(C)[C@H]21. The maximum absolute atomic E-state index is 7.10. The molecule has 6 fully saturated rings. The molecule has 0 radical (unpaired) electrons. The maximum Gasteiger partial charge on any atom is 0.0717 e. The van der Waals surface area contributed by atoms with Crippen LogP contribution in [-0.2, 0) is 20.8 Å². The number of halogens is 1. The van der Waals surface area contributed by atoms with Gasteiger partial charge in [-0.1, -0.05) is 61.7 Å². The molecule has 0 spiro atoms. The molecule has 43 heavy (non-hydrogen) atoms. The summed E-state index contributed by atoms with van der Waals surface area (Å²) in [6.45, 7) is 12.2. The Labute approximate surface area is 270 Å². The summed E-state index contributed by atoms with van der Waals surface area (Å²) in [5.41, 5.74) is 2.34. The molecule has 4 nitrogen and oxygen atoms in total. The third-order valence-electron chi connectivity index (χ3n) is 14.2. The van der Waals surface area contributed by atoms with E-state index >= 15 is 0 Å². The average Bonchev–Trinajstić information content (AvgIpc) is 3.49. The van der Waals surface area contributed by atoms with E-state index in [1.165, 1.54) is 69.8 Å². The van der Waals surface area contributed by atoms with Crippen molar-refractivity contribution in [2.24, 2.45) is 52.3 Å². The quantitative estimate of drug-likeness (QED) is 0.289. The molecule has 1 aromatic rings. The van der Waals surface area contributed by atoms with Gasteiger partial charge in [-0.3, -0.25) is 0 Å². The molecule has 2 heterocycles. The molecule has 1 aromatic carbocycles. The molecule has 12 atom stereocenters. The Kier molecular flexibility index (Phi) is 9.40. The molecule has 4 saturated carbocycles. The topological polar surface area (TPSA) is 39.7 Å². The van der Waals surface area contributed by atoms with Crippen molar-refractivity contribution in [2.45, 2.75) is 123 Å². The monoisotopic (exact) mass is 655 g/mol. The van der Waals surface area contributed by atoms with Crippen LogP contribution in [-0.4, -0.2) is 44.6 Å². The molecule has 5 heteroatoms. The van der Waals surface area contributed by atoms with Gasteiger partial charge in [-0.2, -0.15) is 0 Å². The summed E-state index contributed by atoms with van der Waals surface area (Å²) >= 11 is 3.55. The van der Waals surface area contributed by atoms with Crippen LogP contribution in [0.15, 0.2) is 28.7 Å². The Morgan fingerprint density at radius 3 is 2.70 bits per heavy atom. The molecule has 240 valence electrons. The van der Waals surface area contributed by atoms with Crippen LogP contribution in [0, 0.1) is 52.3 Å². The first-order chi connectivity index (χ1) is 20.8. The van der Waals surface area contributed by atoms with Gasteiger partial charge in [0.25, 0.3) is 0 Å². The van der Waals surface area contributed by atoms with Gasteiger partial charge >= 0.3 is 0 Å². The molecule has 6 aliphatic rings. The lowest BCUT2D eigenvalue weighted by molar-refractivity contribution is -0.115. The average molecular weight is 657 g/mol. The number of rotatable bonds is 9. The van der Waals surface area contributed by atoms with Crippen LogP contribution in [0.3, 0.4) is 0 Å². The van der Waals surface area contributed by atoms with Gasteiger partial charge in [0.15, 0.2) is 0 Å². The van der Waals surface area contributed by atoms with E-state index in [1.807, 2.05) is 0 Å². The van der Waals surface area contributed by atoms with Gasteiger partial charge in [-0.15, -0.1) is 0 Å². The summed E-state index contributed by atoms with van der Waals surface area (Å²) in [5.74, 6) is 5.74. The maximum atomic E-state index is 7.10. The lowest BCUT2D eigenvalue weighted by Gasteiger charge is -2.60. The van der Waals surface area contributed by atoms with Crippen LogP contribution in [0.2, 0.25) is 0 Å². The van der Waals surface area contributed by atoms with E-state index in [2.05, 4.69) is 66.3 Å². The first-order valence-corrected chi connectivity index (χ1v) is 18.9. The van der Waals surface area contributed by atoms with Crippen LogP contribution in [0.4, 0.5) is 0 Å². The molecule has 4 unspecified atom stereocenters. The Bertz CT molecular complexity index is 1080. The zero-order valence-corrected chi connectivity index (χ0v) is 28.8. The fourth-order valence-electron chi connectivity index (χ4n) is 12.0. The normalized spacial score (nSPS) is 44.7. The molecule has 7 rings (SSSR count). The van der Waals surface area contributed by atoms with Gasteiger partial charge in [0.1, 0.15) is 0 Å². The third-order valence-corrected chi connectivity index (χ3v) is 14.7. The lowest BCUT2D eigenvalue weighted by Crippen LogP contribution is -2.53. The smallest absolute Gasteiger partial charge is 0.0717 e. The Morgan fingerprint density at radius 1 is 1.02 bits per heavy atom. The van der Waals surface area contributed by atoms with E-state index in [4.69, 9.17) is 14.2 Å². The van der Waals surface area contributed by atoms with Crippen LogP contribution in [0.5, 0.6) is 0 Å². The zero-order valence-electron chi connectivity index (χ0n) is 27.2. The number of morpholine rings is 1. The molecule has 2 aliphatic heterocycles. The number of hydrogen-bond donors (Lipinski definition) is 1. The highest BCUT2D eigenvalue weighted by molar-refractivity contribution is 9.10. The molecule has 0 aromatic heterocycles. The van der Waals surface area contributed by atoms with Crippen molar-refractivity contribution in [3.05, 3.63) is 34.3 Å². The van der Waals surface area contributed by atoms with Gasteiger partial charge in [-0.05, 0) is 134 Å². The van der Waals surface area contributed by atoms with E-state index in [1.54, 1.807) is 0 Å². The fraction of sp³-hybridized carbons (Fsp3) is 0.842. The van der Waals surface area contributed by atoms with E-state index < -0.39 is 0 Å². The Hall–Kier alpha value is -0.460. The minimum atomic E-state index is 0.298. The summed E-state index contributed by atoms with van der Waals surface area (Å²) < 4.78 is 20.7. The summed E-state index contributed by atoms with van der Waals surface area (Å²) in [5, 5.41) is 3.53. The summed E-state index contributed by atoms with van der Waals surface area (Å²) in [7, 11) is 0. The molecule has 2 saturated heterocycles. The van der Waals surface area contributed by atoms with Crippen molar-refractivity contribution in [1.82, 2.24) is 5.32 Å². The standard InChI is InChI=1S/C38H58BrNO3/c1-25-34(14-9-27(20-30-22-40-18-19-42-30)24-41-23-26-7-11-29(39)12-8-26)43-35-21-33-31-13-10-28-6-4-5-16-37(28,2)32(31)15-17-38(33,3)36(25)35/h7-8,11-12,25,27-28,30-36,40H,4-6,9-10,13-24H2,1-3H3/t25-,27?,28?,30?,31-,32+,33+,34?,35+,36+,37+,38+/m1/s1. The van der Waals surface area contributed by atoms with Crippen molar-refractivity contribution in [2.75, 3.05) is 26.3 Å². The molecule has 4 aliphatic carbocycles. The minimum Gasteiger partial charge on any atom is -0.376 e. The highest BCUT2D eigenvalue weighted by Crippen LogP contribution is 2.70. The van der Waals surface area contributed by atoms with Gasteiger partial charge in [0.2, 0.25) is 0 Å². The van der Waals surface area contributed by atoms with Crippen molar-refractivity contribution in [1.29, 1.82) is 0 Å². The highest BCUT2D eigenvalue weighted by atomic mass is 79.9. The van der Waals surface area contributed by atoms with Gasteiger partial charge < -0.3 is 19.5 Å². The van der Waals surface area contributed by atoms with Crippen LogP contribution in [0.25, 0.3) is 0 Å². The second kappa shape index (κ2) is 13.0. The van der Waals surface area contributed by atoms with E-state index in [-0.39, 0.29) is 0 Å². The molecule has 0 amide bonds. The van der Waals surface area contributed by atoms with Crippen LogP contribution in [0.1, 0.15) is 103 Å². The van der Waals surface area contributed by atoms with Gasteiger partial charge in [0.05, 0.1) is 31.5 Å². The largest absolute Gasteiger partial charge is 0.376 e. The number of ether oxygens (including phenoxy) is 3. The third kappa shape index (κ3) is 6.06. The molecule has 1 N–H and O–H groups in total. The number of nitrogens with one attached hydrogen (secondary N) is 1. The van der Waals surface area contributed by atoms with E-state index in [0.717, 1.165) is 73.2 Å². The number of benzene rings is 1. The van der Waals surface area contributed by atoms with Gasteiger partial charge in [-0.25, -0.2) is 0 Å². The molecular formula is C38H58BrNO3. The van der Waals surface area contributed by atoms with E-state index in [9.17, 15) is 0 Å². The first kappa shape index (κ1) is 31.2. The van der Waals surface area contributed by atoms with Crippen LogP contribution >= 0.6 is 15.9 Å². The predicted octanol–water partition coefficient (Wildman–Crippen LogP) is 8.80. The summed E-state index contributed by atoms with van der Waals surface area (Å²) in [6, 6.07) is 8.52. The predicted molar refractivity (Wildman–Crippen MR) is 177 cm³/mol. The zero-order chi connectivity index (χ0) is 29.6. The number of fused-ring (bicyclic) bond motifs is 7. The second-order valence-electron chi connectivity index (χ2n) is 16.3. The molecule has 0 bridgehead atoms. The van der Waals surface area contributed by atoms with Crippen molar-refractivity contribution in [3.63, 3.8) is 0 Å². The molecular weight excluding hydrogens is 598 g/mol. The van der Waals surface area contributed by atoms with Gasteiger partial charge in [0, 0.05) is 24.2 Å². The van der Waals surface area contributed by atoms with E-state index in [0.29, 0.717) is 47.6 Å². The fourth-order valence-corrected chi connectivity index (χ4v) is 12.3. The summed E-state index contributed by atoms with van der Waals surface area (Å²) in [4.78, 5) is 0. The minimum absolute atomic E-state index is 0.298. The van der Waals surface area contributed by atoms with Crippen molar-refractivity contribution in [3.8, 4) is 0 Å². The lowest BCUT2D eigenvalue weighted by atomic mass is 9.44. The Morgan fingerprint density at radius 2 is 1.88 bits per heavy atom. The highest BCUT2D eigenvalue weighted by Gasteiger charge is 2.65. The van der Waals surface area contributed by atoms with Crippen molar-refractivity contribution >= 4 is 15.9 Å². The summed E-state index contributed by atoms with van der Waals surface area (Å²) in [6.07, 6.45) is 17.8. The second-order valence-corrected chi connectivity index (χ2v) is 17.2. The number of hydrogen-bond acceptors (Lipinski definition) is 4. The van der Waals surface area contributed by atoms with Crippen molar-refractivity contribution < 1.29 is 14.2 Å². The van der Waals surface area contributed by atoms with Crippen LogP contribution < -0.4 is 5.32 Å². The Balaban J connectivity index is 0.974.